The monoisotopic (exact) mass is 360 g/mol. The van der Waals surface area contributed by atoms with Gasteiger partial charge in [0, 0.05) is 44.5 Å². The lowest BCUT2D eigenvalue weighted by Crippen LogP contribution is -2.53. The van der Waals surface area contributed by atoms with Gasteiger partial charge in [-0.2, -0.15) is 10.2 Å². The van der Waals surface area contributed by atoms with Gasteiger partial charge in [-0.25, -0.2) is 9.78 Å². The Morgan fingerprint density at radius 3 is 2.62 bits per heavy atom. The highest BCUT2D eigenvalue weighted by atomic mass is 16.2. The first-order valence-electron chi connectivity index (χ1n) is 9.12. The van der Waals surface area contributed by atoms with Crippen LogP contribution in [0.15, 0.2) is 18.7 Å². The van der Waals surface area contributed by atoms with Crippen molar-refractivity contribution in [2.45, 2.75) is 39.9 Å². The van der Waals surface area contributed by atoms with Crippen LogP contribution in [0.25, 0.3) is 0 Å². The predicted molar refractivity (Wildman–Crippen MR) is 97.7 cm³/mol. The number of piperazine rings is 1. The molecule has 3 heterocycles. The molecule has 0 unspecified atom stereocenters. The van der Waals surface area contributed by atoms with Crippen molar-refractivity contribution in [1.29, 1.82) is 0 Å². The Morgan fingerprint density at radius 1 is 1.23 bits per heavy atom. The molecule has 0 aliphatic carbocycles. The number of aryl methyl sites for hydroxylation is 2. The first-order valence-corrected chi connectivity index (χ1v) is 9.12. The Bertz CT molecular complexity index is 702. The van der Waals surface area contributed by atoms with Crippen LogP contribution in [0.1, 0.15) is 18.3 Å². The SMILES string of the molecule is Cc1cc(C)n(C[C@@H](C)NC(=O)N2CCN(CCn3cncn3)CC2)n1. The Hall–Kier alpha value is -2.42. The molecule has 1 N–H and O–H groups in total. The molecule has 2 aromatic heterocycles. The van der Waals surface area contributed by atoms with Gasteiger partial charge < -0.3 is 10.2 Å². The van der Waals surface area contributed by atoms with Crippen LogP contribution in [0.3, 0.4) is 0 Å². The van der Waals surface area contributed by atoms with E-state index in [0.717, 1.165) is 50.7 Å². The molecule has 9 nitrogen and oxygen atoms in total. The molecule has 0 bridgehead atoms. The summed E-state index contributed by atoms with van der Waals surface area (Å²) in [5.74, 6) is 0. The molecule has 2 aromatic rings. The number of carbonyl (C=O) groups is 1. The second-order valence-corrected chi connectivity index (χ2v) is 6.95. The third kappa shape index (κ3) is 4.81. The van der Waals surface area contributed by atoms with E-state index in [0.29, 0.717) is 6.54 Å². The smallest absolute Gasteiger partial charge is 0.317 e. The largest absolute Gasteiger partial charge is 0.334 e. The Kier molecular flexibility index (Phi) is 5.87. The predicted octanol–water partition coefficient (Wildman–Crippen LogP) is 0.507. The van der Waals surface area contributed by atoms with Crippen molar-refractivity contribution in [2.75, 3.05) is 32.7 Å². The summed E-state index contributed by atoms with van der Waals surface area (Å²) in [7, 11) is 0. The molecular weight excluding hydrogens is 332 g/mol. The summed E-state index contributed by atoms with van der Waals surface area (Å²) in [5.41, 5.74) is 2.12. The zero-order valence-corrected chi connectivity index (χ0v) is 15.8. The third-order valence-corrected chi connectivity index (χ3v) is 4.69. The van der Waals surface area contributed by atoms with Crippen molar-refractivity contribution < 1.29 is 4.79 Å². The van der Waals surface area contributed by atoms with Gasteiger partial charge in [-0.05, 0) is 26.8 Å². The van der Waals surface area contributed by atoms with Gasteiger partial charge >= 0.3 is 6.03 Å². The molecule has 1 atom stereocenters. The number of rotatable bonds is 6. The van der Waals surface area contributed by atoms with E-state index in [9.17, 15) is 4.79 Å². The van der Waals surface area contributed by atoms with Crippen LogP contribution in [-0.2, 0) is 13.1 Å². The van der Waals surface area contributed by atoms with Crippen molar-refractivity contribution in [3.63, 3.8) is 0 Å². The zero-order chi connectivity index (χ0) is 18.5. The van der Waals surface area contributed by atoms with E-state index in [2.05, 4.69) is 25.4 Å². The standard InChI is InChI=1S/C17H28N8O/c1-14-10-16(3)25(21-14)11-15(2)20-17(26)23-7-4-22(5-8-23)6-9-24-13-18-12-19-24/h10,12-13,15H,4-9,11H2,1-3H3,(H,20,26)/t15-/m1/s1. The van der Waals surface area contributed by atoms with Crippen LogP contribution in [0.2, 0.25) is 0 Å². The molecule has 2 amide bonds. The normalized spacial score (nSPS) is 16.7. The highest BCUT2D eigenvalue weighted by Gasteiger charge is 2.22. The maximum atomic E-state index is 12.5. The Labute approximate surface area is 154 Å². The lowest BCUT2D eigenvalue weighted by atomic mass is 10.3. The highest BCUT2D eigenvalue weighted by Crippen LogP contribution is 2.05. The van der Waals surface area contributed by atoms with Gasteiger partial charge in [0.2, 0.25) is 0 Å². The molecule has 3 rings (SSSR count). The molecule has 0 radical (unpaired) electrons. The Balaban J connectivity index is 1.39. The molecule has 0 saturated carbocycles. The summed E-state index contributed by atoms with van der Waals surface area (Å²) in [5, 5.41) is 11.7. The molecule has 1 aliphatic rings. The molecule has 9 heteroatoms. The summed E-state index contributed by atoms with van der Waals surface area (Å²) in [6.07, 6.45) is 3.28. The Morgan fingerprint density at radius 2 is 2.00 bits per heavy atom. The fraction of sp³-hybridized carbons (Fsp3) is 0.647. The average molecular weight is 360 g/mol. The molecular formula is C17H28N8O. The van der Waals surface area contributed by atoms with Gasteiger partial charge in [-0.15, -0.1) is 0 Å². The lowest BCUT2D eigenvalue weighted by Gasteiger charge is -2.35. The number of carbonyl (C=O) groups excluding carboxylic acids is 1. The molecule has 1 fully saturated rings. The van der Waals surface area contributed by atoms with Crippen LogP contribution < -0.4 is 5.32 Å². The number of hydrogen-bond donors (Lipinski definition) is 1. The van der Waals surface area contributed by atoms with Crippen LogP contribution in [0, 0.1) is 13.8 Å². The summed E-state index contributed by atoms with van der Waals surface area (Å²) < 4.78 is 3.78. The molecule has 26 heavy (non-hydrogen) atoms. The summed E-state index contributed by atoms with van der Waals surface area (Å²) in [4.78, 5) is 20.7. The van der Waals surface area contributed by atoms with Gasteiger partial charge in [0.25, 0.3) is 0 Å². The number of urea groups is 1. The maximum Gasteiger partial charge on any atom is 0.317 e. The number of aromatic nitrogens is 5. The quantitative estimate of drug-likeness (QED) is 0.811. The lowest BCUT2D eigenvalue weighted by molar-refractivity contribution is 0.133. The van der Waals surface area contributed by atoms with Crippen molar-refractivity contribution in [2.24, 2.45) is 0 Å². The molecule has 142 valence electrons. The molecule has 0 spiro atoms. The summed E-state index contributed by atoms with van der Waals surface area (Å²) >= 11 is 0. The topological polar surface area (TPSA) is 84.1 Å². The van der Waals surface area contributed by atoms with E-state index in [-0.39, 0.29) is 12.1 Å². The minimum Gasteiger partial charge on any atom is -0.334 e. The highest BCUT2D eigenvalue weighted by molar-refractivity contribution is 5.74. The molecule has 1 aliphatic heterocycles. The van der Waals surface area contributed by atoms with Crippen LogP contribution in [-0.4, -0.2) is 79.1 Å². The van der Waals surface area contributed by atoms with Gasteiger partial charge in [0.1, 0.15) is 12.7 Å². The maximum absolute atomic E-state index is 12.5. The van der Waals surface area contributed by atoms with Crippen LogP contribution >= 0.6 is 0 Å². The van der Waals surface area contributed by atoms with Crippen LogP contribution in [0.4, 0.5) is 4.79 Å². The molecule has 0 aromatic carbocycles. The molecule has 1 saturated heterocycles. The van der Waals surface area contributed by atoms with Crippen molar-refractivity contribution in [3.05, 3.63) is 30.1 Å². The number of amides is 2. The van der Waals surface area contributed by atoms with E-state index < -0.39 is 0 Å². The fourth-order valence-corrected chi connectivity index (χ4v) is 3.23. The minimum atomic E-state index is 0.00922. The van der Waals surface area contributed by atoms with Gasteiger partial charge in [-0.1, -0.05) is 0 Å². The second-order valence-electron chi connectivity index (χ2n) is 6.95. The number of nitrogens with zero attached hydrogens (tertiary/aromatic N) is 7. The van der Waals surface area contributed by atoms with Gasteiger partial charge in [0.05, 0.1) is 18.8 Å². The van der Waals surface area contributed by atoms with Gasteiger partial charge in [0.15, 0.2) is 0 Å². The second kappa shape index (κ2) is 8.31. The third-order valence-electron chi connectivity index (χ3n) is 4.69. The van der Waals surface area contributed by atoms with E-state index in [1.165, 1.54) is 0 Å². The number of hydrogen-bond acceptors (Lipinski definition) is 5. The zero-order valence-electron chi connectivity index (χ0n) is 15.8. The van der Waals surface area contributed by atoms with E-state index >= 15 is 0 Å². The number of nitrogens with one attached hydrogen (secondary N) is 1. The average Bonchev–Trinajstić information content (AvgIpc) is 3.23. The first-order chi connectivity index (χ1) is 12.5. The van der Waals surface area contributed by atoms with Crippen molar-refractivity contribution in [1.82, 2.24) is 39.7 Å². The van der Waals surface area contributed by atoms with Crippen molar-refractivity contribution >= 4 is 6.03 Å². The first kappa shape index (κ1) is 18.4. The van der Waals surface area contributed by atoms with E-state index in [1.54, 1.807) is 12.7 Å². The summed E-state index contributed by atoms with van der Waals surface area (Å²) in [6.45, 7) is 11.7. The van der Waals surface area contributed by atoms with Crippen molar-refractivity contribution in [3.8, 4) is 0 Å². The minimum absolute atomic E-state index is 0.00922. The fourth-order valence-electron chi connectivity index (χ4n) is 3.23. The summed E-state index contributed by atoms with van der Waals surface area (Å²) in [6, 6.07) is 2.09. The van der Waals surface area contributed by atoms with E-state index in [4.69, 9.17) is 0 Å². The van der Waals surface area contributed by atoms with Gasteiger partial charge in [-0.3, -0.25) is 14.3 Å². The van der Waals surface area contributed by atoms with E-state index in [1.807, 2.05) is 41.1 Å². The van der Waals surface area contributed by atoms with Crippen LogP contribution in [0.5, 0.6) is 0 Å².